The molecule has 2 atom stereocenters. The molecule has 1 aromatic heterocycles. The number of methoxy groups -OCH3 is 1. The molecule has 0 spiro atoms. The number of benzene rings is 1. The Hall–Kier alpha value is -1.56. The summed E-state index contributed by atoms with van der Waals surface area (Å²) in [5, 5.41) is 15.0. The van der Waals surface area contributed by atoms with Crippen LogP contribution >= 0.6 is 12.4 Å². The Bertz CT molecular complexity index is 684. The summed E-state index contributed by atoms with van der Waals surface area (Å²) >= 11 is 0. The lowest BCUT2D eigenvalue weighted by atomic mass is 10.1. The van der Waals surface area contributed by atoms with Gasteiger partial charge in [-0.3, -0.25) is 9.88 Å². The number of pyridine rings is 1. The Morgan fingerprint density at radius 1 is 1.30 bits per heavy atom. The molecule has 2 N–H and O–H groups in total. The SMILES string of the molecule is CCCCN(CC(O)CNc1cc(OC)cc2cccnc12)C(C)CC.Cl. The van der Waals surface area contributed by atoms with Crippen LogP contribution in [0.5, 0.6) is 5.75 Å². The van der Waals surface area contributed by atoms with Crippen LogP contribution in [0.2, 0.25) is 0 Å². The standard InChI is InChI=1S/C21H33N3O2.ClH/c1-5-7-11-24(16(3)6-2)15-18(25)14-23-20-13-19(26-4)12-17-9-8-10-22-21(17)20;/h8-10,12-13,16,18,23,25H,5-7,11,14-15H2,1-4H3;1H. The zero-order chi connectivity index (χ0) is 18.9. The van der Waals surface area contributed by atoms with E-state index < -0.39 is 6.10 Å². The van der Waals surface area contributed by atoms with E-state index in [2.05, 4.69) is 36.0 Å². The molecule has 2 aromatic rings. The highest BCUT2D eigenvalue weighted by molar-refractivity contribution is 5.91. The van der Waals surface area contributed by atoms with E-state index in [4.69, 9.17) is 4.74 Å². The number of aliphatic hydroxyl groups excluding tert-OH is 1. The molecule has 27 heavy (non-hydrogen) atoms. The van der Waals surface area contributed by atoms with Gasteiger partial charge in [0.1, 0.15) is 5.75 Å². The van der Waals surface area contributed by atoms with Gasteiger partial charge in [0.2, 0.25) is 0 Å². The minimum Gasteiger partial charge on any atom is -0.497 e. The third kappa shape index (κ3) is 6.83. The highest BCUT2D eigenvalue weighted by Crippen LogP contribution is 2.27. The van der Waals surface area contributed by atoms with Crippen molar-refractivity contribution >= 4 is 29.0 Å². The van der Waals surface area contributed by atoms with Crippen molar-refractivity contribution in [3.63, 3.8) is 0 Å². The molecule has 0 aliphatic carbocycles. The molecule has 0 bridgehead atoms. The molecule has 0 radical (unpaired) electrons. The molecule has 5 nitrogen and oxygen atoms in total. The van der Waals surface area contributed by atoms with E-state index in [-0.39, 0.29) is 12.4 Å². The molecule has 1 heterocycles. The van der Waals surface area contributed by atoms with Crippen LogP contribution < -0.4 is 10.1 Å². The van der Waals surface area contributed by atoms with E-state index in [0.717, 1.165) is 41.7 Å². The van der Waals surface area contributed by atoms with Crippen molar-refractivity contribution in [2.45, 2.75) is 52.2 Å². The molecular weight excluding hydrogens is 362 g/mol. The number of halogens is 1. The fourth-order valence-corrected chi connectivity index (χ4v) is 3.09. The predicted molar refractivity (Wildman–Crippen MR) is 116 cm³/mol. The van der Waals surface area contributed by atoms with Gasteiger partial charge in [-0.25, -0.2) is 0 Å². The highest BCUT2D eigenvalue weighted by Gasteiger charge is 2.16. The van der Waals surface area contributed by atoms with E-state index in [1.165, 1.54) is 6.42 Å². The second kappa shape index (κ2) is 12.0. The summed E-state index contributed by atoms with van der Waals surface area (Å²) in [6.45, 7) is 8.83. The number of hydrogen-bond donors (Lipinski definition) is 2. The number of anilines is 1. The Labute approximate surface area is 169 Å². The number of nitrogens with one attached hydrogen (secondary N) is 1. The molecule has 0 aliphatic rings. The van der Waals surface area contributed by atoms with Gasteiger partial charge in [0.15, 0.2) is 0 Å². The second-order valence-corrected chi connectivity index (χ2v) is 6.89. The van der Waals surface area contributed by atoms with Gasteiger partial charge in [0, 0.05) is 36.8 Å². The number of nitrogens with zero attached hydrogens (tertiary/aromatic N) is 2. The summed E-state index contributed by atoms with van der Waals surface area (Å²) in [6.07, 6.45) is 4.77. The molecular formula is C21H34ClN3O2. The maximum atomic E-state index is 10.6. The average molecular weight is 396 g/mol. The van der Waals surface area contributed by atoms with E-state index in [0.29, 0.717) is 19.1 Å². The summed E-state index contributed by atoms with van der Waals surface area (Å²) < 4.78 is 5.39. The number of ether oxygens (including phenoxy) is 1. The zero-order valence-corrected chi connectivity index (χ0v) is 17.8. The van der Waals surface area contributed by atoms with E-state index >= 15 is 0 Å². The second-order valence-electron chi connectivity index (χ2n) is 6.89. The van der Waals surface area contributed by atoms with Gasteiger partial charge in [0.25, 0.3) is 0 Å². The van der Waals surface area contributed by atoms with Crippen molar-refractivity contribution in [2.24, 2.45) is 0 Å². The van der Waals surface area contributed by atoms with Crippen LogP contribution in [0.25, 0.3) is 10.9 Å². The molecule has 1 aromatic carbocycles. The first kappa shape index (κ1) is 23.5. The van der Waals surface area contributed by atoms with Gasteiger partial charge >= 0.3 is 0 Å². The Kier molecular flexibility index (Phi) is 10.4. The number of fused-ring (bicyclic) bond motifs is 1. The van der Waals surface area contributed by atoms with Gasteiger partial charge in [-0.1, -0.05) is 26.3 Å². The van der Waals surface area contributed by atoms with Crippen molar-refractivity contribution in [3.8, 4) is 5.75 Å². The van der Waals surface area contributed by atoms with Crippen molar-refractivity contribution in [1.29, 1.82) is 0 Å². The third-order valence-electron chi connectivity index (χ3n) is 4.90. The lowest BCUT2D eigenvalue weighted by Gasteiger charge is -2.30. The van der Waals surface area contributed by atoms with E-state index in [1.54, 1.807) is 13.3 Å². The summed E-state index contributed by atoms with van der Waals surface area (Å²) in [5.41, 5.74) is 1.79. The van der Waals surface area contributed by atoms with Crippen molar-refractivity contribution in [2.75, 3.05) is 32.1 Å². The molecule has 2 rings (SSSR count). The van der Waals surface area contributed by atoms with E-state index in [1.807, 2.05) is 24.3 Å². The zero-order valence-electron chi connectivity index (χ0n) is 16.9. The Balaban J connectivity index is 0.00000364. The van der Waals surface area contributed by atoms with Crippen LogP contribution in [0.4, 0.5) is 5.69 Å². The summed E-state index contributed by atoms with van der Waals surface area (Å²) in [6, 6.07) is 8.32. The summed E-state index contributed by atoms with van der Waals surface area (Å²) in [5.74, 6) is 0.784. The van der Waals surface area contributed by atoms with Gasteiger partial charge in [-0.15, -0.1) is 12.4 Å². The first-order valence-electron chi connectivity index (χ1n) is 9.67. The molecule has 0 aliphatic heterocycles. The van der Waals surface area contributed by atoms with Crippen molar-refractivity contribution in [3.05, 3.63) is 30.5 Å². The lowest BCUT2D eigenvalue weighted by Crippen LogP contribution is -2.41. The summed E-state index contributed by atoms with van der Waals surface area (Å²) in [7, 11) is 1.66. The van der Waals surface area contributed by atoms with Crippen LogP contribution in [-0.4, -0.2) is 53.9 Å². The maximum absolute atomic E-state index is 10.6. The van der Waals surface area contributed by atoms with Gasteiger partial charge in [0.05, 0.1) is 24.4 Å². The third-order valence-corrected chi connectivity index (χ3v) is 4.90. The molecule has 152 valence electrons. The van der Waals surface area contributed by atoms with E-state index in [9.17, 15) is 5.11 Å². The minimum atomic E-state index is -0.439. The Morgan fingerprint density at radius 2 is 2.07 bits per heavy atom. The first-order chi connectivity index (χ1) is 12.6. The monoisotopic (exact) mass is 395 g/mol. The normalized spacial score (nSPS) is 13.3. The quantitative estimate of drug-likeness (QED) is 0.592. The van der Waals surface area contributed by atoms with Gasteiger partial charge < -0.3 is 15.2 Å². The molecule has 0 amide bonds. The Morgan fingerprint density at radius 3 is 2.74 bits per heavy atom. The maximum Gasteiger partial charge on any atom is 0.121 e. The smallest absolute Gasteiger partial charge is 0.121 e. The fraction of sp³-hybridized carbons (Fsp3) is 0.571. The number of aromatic nitrogens is 1. The van der Waals surface area contributed by atoms with Crippen molar-refractivity contribution < 1.29 is 9.84 Å². The number of hydrogen-bond acceptors (Lipinski definition) is 5. The fourth-order valence-electron chi connectivity index (χ4n) is 3.09. The molecule has 2 unspecified atom stereocenters. The largest absolute Gasteiger partial charge is 0.497 e. The average Bonchev–Trinajstić information content (AvgIpc) is 2.68. The van der Waals surface area contributed by atoms with Crippen LogP contribution in [-0.2, 0) is 0 Å². The van der Waals surface area contributed by atoms with Crippen LogP contribution in [0.1, 0.15) is 40.0 Å². The van der Waals surface area contributed by atoms with Crippen LogP contribution in [0, 0.1) is 0 Å². The predicted octanol–water partition coefficient (Wildman–Crippen LogP) is 4.34. The number of rotatable bonds is 11. The topological polar surface area (TPSA) is 57.6 Å². The molecule has 0 fully saturated rings. The number of aliphatic hydroxyl groups is 1. The lowest BCUT2D eigenvalue weighted by molar-refractivity contribution is 0.0963. The van der Waals surface area contributed by atoms with Gasteiger partial charge in [-0.05, 0) is 38.4 Å². The molecule has 0 saturated heterocycles. The summed E-state index contributed by atoms with van der Waals surface area (Å²) in [4.78, 5) is 6.85. The number of unbranched alkanes of at least 4 members (excludes halogenated alkanes) is 1. The van der Waals surface area contributed by atoms with Crippen molar-refractivity contribution in [1.82, 2.24) is 9.88 Å². The molecule has 0 saturated carbocycles. The van der Waals surface area contributed by atoms with Crippen LogP contribution in [0.3, 0.4) is 0 Å². The van der Waals surface area contributed by atoms with Gasteiger partial charge in [-0.2, -0.15) is 0 Å². The first-order valence-corrected chi connectivity index (χ1v) is 9.67. The molecule has 6 heteroatoms. The van der Waals surface area contributed by atoms with Crippen LogP contribution in [0.15, 0.2) is 30.5 Å². The minimum absolute atomic E-state index is 0. The highest BCUT2D eigenvalue weighted by atomic mass is 35.5.